The molecule has 2 unspecified atom stereocenters. The average Bonchev–Trinajstić information content (AvgIpc) is 3.02. The first-order chi connectivity index (χ1) is 11.6. The van der Waals surface area contributed by atoms with Gasteiger partial charge in [0, 0.05) is 23.8 Å². The summed E-state index contributed by atoms with van der Waals surface area (Å²) in [7, 11) is 0. The topological polar surface area (TPSA) is 77.2 Å². The minimum absolute atomic E-state index is 0. The maximum Gasteiger partial charge on any atom is 0.227 e. The zero-order valence-corrected chi connectivity index (χ0v) is 16.4. The Hall–Kier alpha value is -1.53. The molecule has 1 heterocycles. The summed E-state index contributed by atoms with van der Waals surface area (Å²) in [6, 6.07) is 11.0. The standard InChI is InChI=1S/C18H20ClN3O2.2ClH/c19-16-10-14(22-18(23)12-4-5-13(20)9-12)6-7-17(16)24-11-15-3-1-2-8-21-15;;/h1-3,6-8,10,12-13H,4-5,9,11,20H2,(H,22,23);2*1H. The number of carbonyl (C=O) groups excluding carboxylic acids is 1. The largest absolute Gasteiger partial charge is 0.486 e. The SMILES string of the molecule is Cl.Cl.NC1CCC(C(=O)Nc2ccc(OCc3ccccn3)c(Cl)c2)C1. The van der Waals surface area contributed by atoms with Crippen LogP contribution in [-0.4, -0.2) is 16.9 Å². The van der Waals surface area contributed by atoms with Crippen LogP contribution in [0.3, 0.4) is 0 Å². The molecular weight excluding hydrogens is 397 g/mol. The molecule has 3 rings (SSSR count). The van der Waals surface area contributed by atoms with Gasteiger partial charge in [-0.2, -0.15) is 0 Å². The van der Waals surface area contributed by atoms with Crippen LogP contribution in [0.4, 0.5) is 5.69 Å². The second-order valence-electron chi connectivity index (χ2n) is 6.01. The van der Waals surface area contributed by atoms with E-state index >= 15 is 0 Å². The monoisotopic (exact) mass is 417 g/mol. The summed E-state index contributed by atoms with van der Waals surface area (Å²) in [5, 5.41) is 3.35. The molecule has 1 aliphatic carbocycles. The molecule has 2 atom stereocenters. The molecule has 2 aromatic rings. The van der Waals surface area contributed by atoms with Crippen molar-refractivity contribution in [2.24, 2.45) is 11.7 Å². The molecule has 0 aliphatic heterocycles. The predicted octanol–water partition coefficient (Wildman–Crippen LogP) is 4.22. The van der Waals surface area contributed by atoms with Gasteiger partial charge in [0.2, 0.25) is 5.91 Å². The highest BCUT2D eigenvalue weighted by atomic mass is 35.5. The van der Waals surface area contributed by atoms with Crippen LogP contribution >= 0.6 is 36.4 Å². The van der Waals surface area contributed by atoms with Crippen LogP contribution < -0.4 is 15.8 Å². The van der Waals surface area contributed by atoms with E-state index in [-0.39, 0.29) is 42.7 Å². The van der Waals surface area contributed by atoms with E-state index in [4.69, 9.17) is 22.1 Å². The Morgan fingerprint density at radius 2 is 2.08 bits per heavy atom. The Kier molecular flexibility index (Phi) is 9.16. The summed E-state index contributed by atoms with van der Waals surface area (Å²) in [6.45, 7) is 0.340. The lowest BCUT2D eigenvalue weighted by atomic mass is 10.1. The van der Waals surface area contributed by atoms with Gasteiger partial charge in [-0.25, -0.2) is 0 Å². The Balaban J connectivity index is 0.00000169. The van der Waals surface area contributed by atoms with Crippen molar-refractivity contribution in [2.75, 3.05) is 5.32 Å². The predicted molar refractivity (Wildman–Crippen MR) is 108 cm³/mol. The first-order valence-corrected chi connectivity index (χ1v) is 8.38. The van der Waals surface area contributed by atoms with E-state index in [0.717, 1.165) is 25.0 Å². The summed E-state index contributed by atoms with van der Waals surface area (Å²) in [4.78, 5) is 16.4. The number of hydrogen-bond acceptors (Lipinski definition) is 4. The quantitative estimate of drug-likeness (QED) is 0.762. The molecule has 26 heavy (non-hydrogen) atoms. The number of rotatable bonds is 5. The summed E-state index contributed by atoms with van der Waals surface area (Å²) in [5.74, 6) is 0.545. The van der Waals surface area contributed by atoms with E-state index in [1.165, 1.54) is 0 Å². The summed E-state index contributed by atoms with van der Waals surface area (Å²) < 4.78 is 5.67. The third kappa shape index (κ3) is 6.02. The van der Waals surface area contributed by atoms with Crippen LogP contribution in [0.1, 0.15) is 25.0 Å². The number of anilines is 1. The van der Waals surface area contributed by atoms with Gasteiger partial charge in [-0.15, -0.1) is 24.8 Å². The highest BCUT2D eigenvalue weighted by Crippen LogP contribution is 2.30. The van der Waals surface area contributed by atoms with Gasteiger partial charge in [0.05, 0.1) is 10.7 Å². The highest BCUT2D eigenvalue weighted by Gasteiger charge is 2.27. The smallest absolute Gasteiger partial charge is 0.227 e. The van der Waals surface area contributed by atoms with E-state index in [9.17, 15) is 4.79 Å². The van der Waals surface area contributed by atoms with E-state index < -0.39 is 0 Å². The number of amides is 1. The molecule has 1 aromatic carbocycles. The molecule has 1 aliphatic rings. The second kappa shape index (κ2) is 10.6. The summed E-state index contributed by atoms with van der Waals surface area (Å²) in [5.41, 5.74) is 7.34. The normalized spacial score (nSPS) is 18.4. The first-order valence-electron chi connectivity index (χ1n) is 8.00. The van der Waals surface area contributed by atoms with Gasteiger partial charge in [0.1, 0.15) is 12.4 Å². The van der Waals surface area contributed by atoms with Crippen LogP contribution in [0, 0.1) is 5.92 Å². The van der Waals surface area contributed by atoms with Gasteiger partial charge in [0.15, 0.2) is 0 Å². The van der Waals surface area contributed by atoms with Crippen molar-refractivity contribution in [1.82, 2.24) is 4.98 Å². The molecule has 1 fully saturated rings. The number of benzene rings is 1. The molecule has 3 N–H and O–H groups in total. The zero-order chi connectivity index (χ0) is 16.9. The van der Waals surface area contributed by atoms with Gasteiger partial charge in [-0.05, 0) is 49.6 Å². The van der Waals surface area contributed by atoms with Crippen LogP contribution in [-0.2, 0) is 11.4 Å². The number of aromatic nitrogens is 1. The number of hydrogen-bond donors (Lipinski definition) is 2. The minimum atomic E-state index is -0.0149. The maximum absolute atomic E-state index is 12.2. The van der Waals surface area contributed by atoms with Crippen molar-refractivity contribution in [3.05, 3.63) is 53.3 Å². The van der Waals surface area contributed by atoms with Gasteiger partial charge >= 0.3 is 0 Å². The summed E-state index contributed by atoms with van der Waals surface area (Å²) >= 11 is 6.25. The second-order valence-corrected chi connectivity index (χ2v) is 6.42. The fourth-order valence-electron chi connectivity index (χ4n) is 2.83. The molecule has 8 heteroatoms. The van der Waals surface area contributed by atoms with Crippen molar-refractivity contribution in [2.45, 2.75) is 31.9 Å². The maximum atomic E-state index is 12.2. The highest BCUT2D eigenvalue weighted by molar-refractivity contribution is 6.32. The zero-order valence-electron chi connectivity index (χ0n) is 14.1. The molecule has 1 aromatic heterocycles. The minimum Gasteiger partial charge on any atom is -0.486 e. The number of pyridine rings is 1. The number of ether oxygens (including phenoxy) is 1. The number of halogens is 3. The van der Waals surface area contributed by atoms with Crippen LogP contribution in [0.15, 0.2) is 42.6 Å². The van der Waals surface area contributed by atoms with Crippen LogP contribution in [0.25, 0.3) is 0 Å². The van der Waals surface area contributed by atoms with Crippen molar-refractivity contribution in [3.8, 4) is 5.75 Å². The molecule has 142 valence electrons. The molecule has 0 bridgehead atoms. The van der Waals surface area contributed by atoms with E-state index in [1.54, 1.807) is 24.4 Å². The van der Waals surface area contributed by atoms with Gasteiger partial charge in [-0.3, -0.25) is 9.78 Å². The molecule has 0 saturated heterocycles. The lowest BCUT2D eigenvalue weighted by Gasteiger charge is -2.13. The molecule has 1 amide bonds. The summed E-state index contributed by atoms with van der Waals surface area (Å²) in [6.07, 6.45) is 4.20. The van der Waals surface area contributed by atoms with Crippen molar-refractivity contribution >= 4 is 48.0 Å². The number of nitrogens with zero attached hydrogens (tertiary/aromatic N) is 1. The average molecular weight is 419 g/mol. The fraction of sp³-hybridized carbons (Fsp3) is 0.333. The van der Waals surface area contributed by atoms with Gasteiger partial charge in [0.25, 0.3) is 0 Å². The number of nitrogens with two attached hydrogens (primary N) is 1. The lowest BCUT2D eigenvalue weighted by molar-refractivity contribution is -0.119. The molecule has 0 radical (unpaired) electrons. The van der Waals surface area contributed by atoms with Gasteiger partial charge in [-0.1, -0.05) is 17.7 Å². The van der Waals surface area contributed by atoms with Crippen LogP contribution in [0.5, 0.6) is 5.75 Å². The Bertz CT molecular complexity index is 716. The Morgan fingerprint density at radius 1 is 1.27 bits per heavy atom. The van der Waals surface area contributed by atoms with Gasteiger partial charge < -0.3 is 15.8 Å². The fourth-order valence-corrected chi connectivity index (χ4v) is 3.06. The molecule has 5 nitrogen and oxygen atoms in total. The Labute approximate surface area is 170 Å². The van der Waals surface area contributed by atoms with E-state index in [0.29, 0.717) is 23.1 Å². The molecule has 1 saturated carbocycles. The van der Waals surface area contributed by atoms with Crippen LogP contribution in [0.2, 0.25) is 5.02 Å². The molecule has 0 spiro atoms. The third-order valence-corrected chi connectivity index (χ3v) is 4.44. The van der Waals surface area contributed by atoms with Crippen molar-refractivity contribution in [3.63, 3.8) is 0 Å². The van der Waals surface area contributed by atoms with E-state index in [2.05, 4.69) is 10.3 Å². The van der Waals surface area contributed by atoms with E-state index in [1.807, 2.05) is 18.2 Å². The third-order valence-electron chi connectivity index (χ3n) is 4.15. The van der Waals surface area contributed by atoms with Crippen molar-refractivity contribution < 1.29 is 9.53 Å². The lowest BCUT2D eigenvalue weighted by Crippen LogP contribution is -2.23. The first kappa shape index (κ1) is 22.5. The Morgan fingerprint density at radius 3 is 2.69 bits per heavy atom. The number of nitrogens with one attached hydrogen (secondary N) is 1. The van der Waals surface area contributed by atoms with Crippen molar-refractivity contribution in [1.29, 1.82) is 0 Å². The number of carbonyl (C=O) groups is 1. The molecular formula is C18H22Cl3N3O2.